The summed E-state index contributed by atoms with van der Waals surface area (Å²) < 4.78 is 0. The highest BCUT2D eigenvalue weighted by Crippen LogP contribution is 2.01. The van der Waals surface area contributed by atoms with Crippen LogP contribution in [0.4, 0.5) is 5.69 Å². The minimum absolute atomic E-state index is 0.189. The van der Waals surface area contributed by atoms with E-state index in [1.54, 1.807) is 24.5 Å². The van der Waals surface area contributed by atoms with Crippen molar-refractivity contribution in [3.63, 3.8) is 0 Å². The SMILES string of the molecule is N#C/N=C(/[NH])Nc1cccnc1. The molecule has 0 unspecified atom stereocenters. The Hall–Kier alpha value is -2.09. The molecule has 1 aromatic rings. The fourth-order valence-electron chi connectivity index (χ4n) is 0.651. The first-order valence-electron chi connectivity index (χ1n) is 3.18. The second kappa shape index (κ2) is 3.93. The van der Waals surface area contributed by atoms with Gasteiger partial charge in [-0.25, -0.2) is 0 Å². The molecule has 1 radical (unpaired) electrons. The Labute approximate surface area is 69.6 Å². The van der Waals surface area contributed by atoms with Gasteiger partial charge in [0.05, 0.1) is 11.9 Å². The van der Waals surface area contributed by atoms with Gasteiger partial charge in [0.25, 0.3) is 0 Å². The Balaban J connectivity index is 2.66. The fourth-order valence-corrected chi connectivity index (χ4v) is 0.651. The topological polar surface area (TPSA) is 84.9 Å². The van der Waals surface area contributed by atoms with E-state index in [0.29, 0.717) is 5.69 Å². The van der Waals surface area contributed by atoms with Crippen LogP contribution in [0.3, 0.4) is 0 Å². The average Bonchev–Trinajstić information content (AvgIpc) is 2.06. The van der Waals surface area contributed by atoms with Gasteiger partial charge in [0.1, 0.15) is 0 Å². The number of anilines is 1. The van der Waals surface area contributed by atoms with Crippen LogP contribution in [0, 0.1) is 11.5 Å². The summed E-state index contributed by atoms with van der Waals surface area (Å²) in [5, 5.41) is 10.7. The maximum atomic E-state index is 8.10. The summed E-state index contributed by atoms with van der Waals surface area (Å²) in [5.74, 6) is -0.189. The minimum Gasteiger partial charge on any atom is -0.323 e. The zero-order valence-electron chi connectivity index (χ0n) is 6.15. The van der Waals surface area contributed by atoms with E-state index in [0.717, 1.165) is 0 Å². The van der Waals surface area contributed by atoms with E-state index in [-0.39, 0.29) is 5.96 Å². The van der Waals surface area contributed by atoms with Crippen molar-refractivity contribution >= 4 is 11.6 Å². The van der Waals surface area contributed by atoms with Gasteiger partial charge in [-0.3, -0.25) is 10.7 Å². The lowest BCUT2D eigenvalue weighted by Crippen LogP contribution is -2.12. The number of nitrogens with one attached hydrogen (secondary N) is 2. The summed E-state index contributed by atoms with van der Waals surface area (Å²) in [6, 6.07) is 3.45. The van der Waals surface area contributed by atoms with Crippen LogP contribution >= 0.6 is 0 Å². The van der Waals surface area contributed by atoms with Crippen LogP contribution in [0.25, 0.3) is 0 Å². The summed E-state index contributed by atoms with van der Waals surface area (Å²) in [5.41, 5.74) is 7.74. The van der Waals surface area contributed by atoms with Crippen molar-refractivity contribution in [2.24, 2.45) is 4.99 Å². The Morgan fingerprint density at radius 2 is 2.58 bits per heavy atom. The van der Waals surface area contributed by atoms with Crippen molar-refractivity contribution in [2.75, 3.05) is 5.32 Å². The van der Waals surface area contributed by atoms with Crippen molar-refractivity contribution in [3.05, 3.63) is 24.5 Å². The normalized spacial score (nSPS) is 10.4. The molecular weight excluding hydrogens is 154 g/mol. The van der Waals surface area contributed by atoms with Crippen LogP contribution in [0.1, 0.15) is 0 Å². The quantitative estimate of drug-likeness (QED) is 0.371. The van der Waals surface area contributed by atoms with Gasteiger partial charge in [-0.15, -0.1) is 4.99 Å². The van der Waals surface area contributed by atoms with Gasteiger partial charge in [-0.2, -0.15) is 5.26 Å². The highest BCUT2D eigenvalue weighted by Gasteiger charge is 1.92. The van der Waals surface area contributed by atoms with Crippen LogP contribution in [-0.2, 0) is 0 Å². The van der Waals surface area contributed by atoms with E-state index in [1.807, 2.05) is 0 Å². The summed E-state index contributed by atoms with van der Waals surface area (Å²) in [6.07, 6.45) is 4.67. The molecule has 1 heterocycles. The van der Waals surface area contributed by atoms with E-state index < -0.39 is 0 Å². The third-order valence-electron chi connectivity index (χ3n) is 1.09. The minimum atomic E-state index is -0.189. The molecular formula is C7H6N5. The lowest BCUT2D eigenvalue weighted by molar-refractivity contribution is 1.32. The van der Waals surface area contributed by atoms with Gasteiger partial charge in [0.15, 0.2) is 0 Å². The molecule has 0 saturated heterocycles. The molecule has 0 atom stereocenters. The number of hydrogen-bond donors (Lipinski definition) is 1. The van der Waals surface area contributed by atoms with E-state index in [9.17, 15) is 0 Å². The predicted molar refractivity (Wildman–Crippen MR) is 44.0 cm³/mol. The number of hydrogen-bond acceptors (Lipinski definition) is 3. The monoisotopic (exact) mass is 160 g/mol. The van der Waals surface area contributed by atoms with Crippen LogP contribution < -0.4 is 11.1 Å². The smallest absolute Gasteiger partial charge is 0.230 e. The lowest BCUT2D eigenvalue weighted by atomic mass is 10.4. The van der Waals surface area contributed by atoms with Crippen molar-refractivity contribution in [1.82, 2.24) is 10.7 Å². The number of aromatic nitrogens is 1. The number of rotatable bonds is 1. The predicted octanol–water partition coefficient (Wildman–Crippen LogP) is 0.613. The third kappa shape index (κ3) is 2.27. The molecule has 1 aromatic heterocycles. The van der Waals surface area contributed by atoms with Crippen LogP contribution in [0.15, 0.2) is 29.5 Å². The fraction of sp³-hybridized carbons (Fsp3) is 0. The van der Waals surface area contributed by atoms with Gasteiger partial charge < -0.3 is 5.32 Å². The number of nitrogens with zero attached hydrogens (tertiary/aromatic N) is 3. The first kappa shape index (κ1) is 8.01. The molecule has 5 nitrogen and oxygen atoms in total. The zero-order valence-corrected chi connectivity index (χ0v) is 6.15. The molecule has 59 valence electrons. The molecule has 0 amide bonds. The largest absolute Gasteiger partial charge is 0.323 e. The highest BCUT2D eigenvalue weighted by atomic mass is 15.1. The molecule has 0 aliphatic carbocycles. The van der Waals surface area contributed by atoms with Gasteiger partial charge in [0.2, 0.25) is 12.2 Å². The van der Waals surface area contributed by atoms with E-state index in [4.69, 9.17) is 11.0 Å². The summed E-state index contributed by atoms with van der Waals surface area (Å²) >= 11 is 0. The van der Waals surface area contributed by atoms with Crippen molar-refractivity contribution < 1.29 is 0 Å². The van der Waals surface area contributed by atoms with Gasteiger partial charge in [0, 0.05) is 6.20 Å². The average molecular weight is 160 g/mol. The van der Waals surface area contributed by atoms with Gasteiger partial charge >= 0.3 is 0 Å². The van der Waals surface area contributed by atoms with Crippen molar-refractivity contribution in [3.8, 4) is 6.19 Å². The maximum absolute atomic E-state index is 8.10. The molecule has 0 aliphatic rings. The molecule has 1 rings (SSSR count). The van der Waals surface area contributed by atoms with Crippen LogP contribution in [0.2, 0.25) is 0 Å². The van der Waals surface area contributed by atoms with E-state index >= 15 is 0 Å². The number of nitriles is 1. The van der Waals surface area contributed by atoms with Crippen molar-refractivity contribution in [1.29, 1.82) is 5.26 Å². The maximum Gasteiger partial charge on any atom is 0.230 e. The standard InChI is InChI=1S/C7H6N5/c8-5-11-7(9)12-6-2-1-3-10-4-6/h1-4,9H,(H,11,12). The Morgan fingerprint density at radius 1 is 1.75 bits per heavy atom. The Kier molecular flexibility index (Phi) is 2.62. The molecule has 2 N–H and O–H groups in total. The number of guanidine groups is 1. The molecule has 12 heavy (non-hydrogen) atoms. The van der Waals surface area contributed by atoms with Gasteiger partial charge in [-0.1, -0.05) is 0 Å². The third-order valence-corrected chi connectivity index (χ3v) is 1.09. The van der Waals surface area contributed by atoms with E-state index in [1.165, 1.54) is 6.19 Å². The highest BCUT2D eigenvalue weighted by molar-refractivity contribution is 5.91. The summed E-state index contributed by atoms with van der Waals surface area (Å²) in [6.45, 7) is 0. The lowest BCUT2D eigenvalue weighted by Gasteiger charge is -1.99. The number of aliphatic imine (C=N–C) groups is 1. The second-order valence-corrected chi connectivity index (χ2v) is 1.93. The number of pyridine rings is 1. The first-order chi connectivity index (χ1) is 5.83. The van der Waals surface area contributed by atoms with Crippen LogP contribution in [-0.4, -0.2) is 10.9 Å². The molecule has 0 saturated carbocycles. The first-order valence-corrected chi connectivity index (χ1v) is 3.18. The van der Waals surface area contributed by atoms with Crippen LogP contribution in [0.5, 0.6) is 0 Å². The summed E-state index contributed by atoms with van der Waals surface area (Å²) in [4.78, 5) is 6.98. The molecule has 0 fully saturated rings. The Bertz CT molecular complexity index is 310. The summed E-state index contributed by atoms with van der Waals surface area (Å²) in [7, 11) is 0. The Morgan fingerprint density at radius 3 is 3.17 bits per heavy atom. The molecule has 0 spiro atoms. The molecule has 5 heteroatoms. The zero-order chi connectivity index (χ0) is 8.81. The molecule has 0 aromatic carbocycles. The molecule has 0 aliphatic heterocycles. The molecule has 0 bridgehead atoms. The van der Waals surface area contributed by atoms with E-state index in [2.05, 4.69) is 15.3 Å². The van der Waals surface area contributed by atoms with Crippen molar-refractivity contribution in [2.45, 2.75) is 0 Å². The van der Waals surface area contributed by atoms with Gasteiger partial charge in [-0.05, 0) is 12.1 Å². The second-order valence-electron chi connectivity index (χ2n) is 1.93.